The zero-order valence-corrected chi connectivity index (χ0v) is 18.2. The molecule has 1 amide bonds. The number of hydrogen-bond acceptors (Lipinski definition) is 7. The third-order valence-electron chi connectivity index (χ3n) is 6.02. The molecule has 0 N–H and O–H groups in total. The normalized spacial score (nSPS) is 16.7. The van der Waals surface area contributed by atoms with Gasteiger partial charge in [0, 0.05) is 43.2 Å². The Morgan fingerprint density at radius 1 is 1.23 bits per heavy atom. The van der Waals surface area contributed by atoms with E-state index in [2.05, 4.69) is 11.8 Å². The highest BCUT2D eigenvalue weighted by Gasteiger charge is 2.26. The van der Waals surface area contributed by atoms with Gasteiger partial charge in [0.05, 0.1) is 16.2 Å². The zero-order valence-electron chi connectivity index (χ0n) is 17.4. The number of ether oxygens (including phenoxy) is 1. The van der Waals surface area contributed by atoms with Gasteiger partial charge < -0.3 is 14.5 Å². The summed E-state index contributed by atoms with van der Waals surface area (Å²) >= 11 is 1.69. The minimum Gasteiger partial charge on any atom is -0.452 e. The highest BCUT2D eigenvalue weighted by molar-refractivity contribution is 7.10. The molecule has 0 spiro atoms. The second kappa shape index (κ2) is 9.05. The number of nitrogens with zero attached hydrogens (tertiary/aromatic N) is 3. The monoisotopic (exact) mass is 443 g/mol. The van der Waals surface area contributed by atoms with E-state index in [-0.39, 0.29) is 23.8 Å². The Kier molecular flexibility index (Phi) is 6.22. The van der Waals surface area contributed by atoms with Crippen LogP contribution in [0.2, 0.25) is 0 Å². The lowest BCUT2D eigenvalue weighted by Crippen LogP contribution is -2.38. The van der Waals surface area contributed by atoms with E-state index in [9.17, 15) is 19.7 Å². The maximum Gasteiger partial charge on any atom is 0.341 e. The fraction of sp³-hybridized carbons (Fsp3) is 0.455. The van der Waals surface area contributed by atoms with Crippen LogP contribution >= 0.6 is 11.3 Å². The number of hydrogen-bond donors (Lipinski definition) is 0. The van der Waals surface area contributed by atoms with Crippen LogP contribution in [0, 0.1) is 16.0 Å². The highest BCUT2D eigenvalue weighted by Crippen LogP contribution is 2.30. The van der Waals surface area contributed by atoms with Crippen LogP contribution in [0.25, 0.3) is 0 Å². The first-order valence-electron chi connectivity index (χ1n) is 10.5. The Morgan fingerprint density at radius 2 is 2.00 bits per heavy atom. The number of non-ortho nitro benzene ring substituents is 1. The average Bonchev–Trinajstić information content (AvgIpc) is 3.25. The summed E-state index contributed by atoms with van der Waals surface area (Å²) in [6.45, 7) is 4.47. The molecule has 1 saturated heterocycles. The second-order valence-corrected chi connectivity index (χ2v) is 9.14. The smallest absolute Gasteiger partial charge is 0.341 e. The summed E-state index contributed by atoms with van der Waals surface area (Å²) in [5.41, 5.74) is 1.72. The standard InChI is InChI=1S/C22H25N3O5S/c1-15-4-8-23(9-5-15)19-3-2-17(25(28)29)12-18(19)22(27)30-14-21(26)24-10-6-20-16(13-24)7-11-31-20/h2-3,7,11-12,15H,4-6,8-10,13-14H2,1H3. The molecule has 31 heavy (non-hydrogen) atoms. The molecule has 3 heterocycles. The second-order valence-electron chi connectivity index (χ2n) is 8.14. The minimum absolute atomic E-state index is 0.135. The summed E-state index contributed by atoms with van der Waals surface area (Å²) in [4.78, 5) is 41.2. The van der Waals surface area contributed by atoms with Crippen molar-refractivity contribution in [2.24, 2.45) is 5.92 Å². The summed E-state index contributed by atoms with van der Waals surface area (Å²) < 4.78 is 5.32. The fourth-order valence-corrected chi connectivity index (χ4v) is 4.97. The van der Waals surface area contributed by atoms with Crippen molar-refractivity contribution in [3.05, 3.63) is 55.8 Å². The van der Waals surface area contributed by atoms with Gasteiger partial charge in [-0.2, -0.15) is 0 Å². The molecule has 0 radical (unpaired) electrons. The molecule has 4 rings (SSSR count). The van der Waals surface area contributed by atoms with E-state index in [4.69, 9.17) is 4.74 Å². The molecule has 1 aromatic carbocycles. The van der Waals surface area contributed by atoms with Crippen molar-refractivity contribution in [1.29, 1.82) is 0 Å². The van der Waals surface area contributed by atoms with Gasteiger partial charge in [-0.25, -0.2) is 4.79 Å². The average molecular weight is 444 g/mol. The molecule has 0 aliphatic carbocycles. The Balaban J connectivity index is 1.46. The summed E-state index contributed by atoms with van der Waals surface area (Å²) in [7, 11) is 0. The molecule has 0 unspecified atom stereocenters. The number of amides is 1. The molecule has 9 heteroatoms. The SMILES string of the molecule is CC1CCN(c2ccc([N+](=O)[O-])cc2C(=O)OCC(=O)N2CCc3sccc3C2)CC1. The Labute approximate surface area is 184 Å². The molecule has 8 nitrogen and oxygen atoms in total. The number of carbonyl (C=O) groups excluding carboxylic acids is 2. The quantitative estimate of drug-likeness (QED) is 0.398. The number of esters is 1. The van der Waals surface area contributed by atoms with Crippen LogP contribution in [0.3, 0.4) is 0 Å². The number of piperidine rings is 1. The third-order valence-corrected chi connectivity index (χ3v) is 7.05. The fourth-order valence-electron chi connectivity index (χ4n) is 4.08. The van der Waals surface area contributed by atoms with Gasteiger partial charge in [0.15, 0.2) is 6.61 Å². The van der Waals surface area contributed by atoms with Gasteiger partial charge in [0.2, 0.25) is 0 Å². The number of thiophene rings is 1. The van der Waals surface area contributed by atoms with Crippen molar-refractivity contribution >= 4 is 34.6 Å². The van der Waals surface area contributed by atoms with E-state index in [1.165, 1.54) is 17.0 Å². The first kappa shape index (κ1) is 21.3. The molecule has 2 aliphatic rings. The van der Waals surface area contributed by atoms with Crippen LogP contribution in [0.4, 0.5) is 11.4 Å². The van der Waals surface area contributed by atoms with Gasteiger partial charge >= 0.3 is 5.97 Å². The van der Waals surface area contributed by atoms with Crippen molar-refractivity contribution in [3.8, 4) is 0 Å². The van der Waals surface area contributed by atoms with Crippen LogP contribution in [-0.4, -0.2) is 47.9 Å². The maximum absolute atomic E-state index is 12.9. The van der Waals surface area contributed by atoms with Crippen LogP contribution in [-0.2, 0) is 22.5 Å². The molecule has 164 valence electrons. The van der Waals surface area contributed by atoms with Crippen LogP contribution in [0.1, 0.15) is 40.6 Å². The van der Waals surface area contributed by atoms with Crippen molar-refractivity contribution in [3.63, 3.8) is 0 Å². The predicted octanol–water partition coefficient (Wildman–Crippen LogP) is 3.63. The molecule has 1 aromatic heterocycles. The number of benzene rings is 1. The molecule has 2 aromatic rings. The van der Waals surface area contributed by atoms with Crippen LogP contribution in [0.15, 0.2) is 29.6 Å². The van der Waals surface area contributed by atoms with E-state index < -0.39 is 10.9 Å². The van der Waals surface area contributed by atoms with Crippen molar-refractivity contribution in [2.45, 2.75) is 32.7 Å². The van der Waals surface area contributed by atoms with Gasteiger partial charge in [-0.05, 0) is 48.3 Å². The summed E-state index contributed by atoms with van der Waals surface area (Å²) in [5, 5.41) is 13.3. The number of nitro groups is 1. The molecule has 0 saturated carbocycles. The molecule has 1 fully saturated rings. The highest BCUT2D eigenvalue weighted by atomic mass is 32.1. The number of anilines is 1. The van der Waals surface area contributed by atoms with Gasteiger partial charge in [-0.1, -0.05) is 6.92 Å². The van der Waals surface area contributed by atoms with Crippen molar-refractivity contribution < 1.29 is 19.2 Å². The lowest BCUT2D eigenvalue weighted by molar-refractivity contribution is -0.384. The molecular formula is C22H25N3O5S. The van der Waals surface area contributed by atoms with E-state index in [1.807, 2.05) is 11.4 Å². The lowest BCUT2D eigenvalue weighted by atomic mass is 9.98. The van der Waals surface area contributed by atoms with Gasteiger partial charge in [-0.15, -0.1) is 11.3 Å². The number of nitro benzene ring substituents is 1. The zero-order chi connectivity index (χ0) is 22.0. The van der Waals surface area contributed by atoms with Crippen LogP contribution < -0.4 is 4.90 Å². The molecule has 0 atom stereocenters. The topological polar surface area (TPSA) is 93.0 Å². The number of fused-ring (bicyclic) bond motifs is 1. The first-order valence-corrected chi connectivity index (χ1v) is 11.3. The summed E-state index contributed by atoms with van der Waals surface area (Å²) in [6, 6.07) is 6.27. The lowest BCUT2D eigenvalue weighted by Gasteiger charge is -2.33. The van der Waals surface area contributed by atoms with E-state index in [0.717, 1.165) is 37.9 Å². The Bertz CT molecular complexity index is 997. The summed E-state index contributed by atoms with van der Waals surface area (Å²) in [5.74, 6) is -0.363. The maximum atomic E-state index is 12.9. The minimum atomic E-state index is -0.709. The number of carbonyl (C=O) groups is 2. The van der Waals surface area contributed by atoms with E-state index in [1.54, 1.807) is 22.3 Å². The largest absolute Gasteiger partial charge is 0.452 e. The Hall–Kier alpha value is -2.94. The molecule has 0 bridgehead atoms. The first-order chi connectivity index (χ1) is 14.9. The Morgan fingerprint density at radius 3 is 2.74 bits per heavy atom. The van der Waals surface area contributed by atoms with Crippen molar-refractivity contribution in [2.75, 3.05) is 31.1 Å². The van der Waals surface area contributed by atoms with E-state index >= 15 is 0 Å². The predicted molar refractivity (Wildman–Crippen MR) is 117 cm³/mol. The van der Waals surface area contributed by atoms with E-state index in [0.29, 0.717) is 24.7 Å². The van der Waals surface area contributed by atoms with Gasteiger partial charge in [0.1, 0.15) is 0 Å². The van der Waals surface area contributed by atoms with Crippen LogP contribution in [0.5, 0.6) is 0 Å². The van der Waals surface area contributed by atoms with Gasteiger partial charge in [-0.3, -0.25) is 14.9 Å². The molecule has 2 aliphatic heterocycles. The van der Waals surface area contributed by atoms with Gasteiger partial charge in [0.25, 0.3) is 11.6 Å². The number of rotatable bonds is 5. The molecular weight excluding hydrogens is 418 g/mol. The summed E-state index contributed by atoms with van der Waals surface area (Å²) in [6.07, 6.45) is 2.78. The van der Waals surface area contributed by atoms with Crippen molar-refractivity contribution in [1.82, 2.24) is 4.90 Å². The third kappa shape index (κ3) is 4.71.